The van der Waals surface area contributed by atoms with E-state index in [-0.39, 0.29) is 6.03 Å². The normalized spacial score (nSPS) is 15.9. The predicted molar refractivity (Wildman–Crippen MR) is 75.3 cm³/mol. The fourth-order valence-corrected chi connectivity index (χ4v) is 3.03. The van der Waals surface area contributed by atoms with Crippen LogP contribution in [0.5, 0.6) is 0 Å². The summed E-state index contributed by atoms with van der Waals surface area (Å²) in [6, 6.07) is 8.12. The topological polar surface area (TPSA) is 44.4 Å². The van der Waals surface area contributed by atoms with E-state index in [1.54, 1.807) is 11.3 Å². The highest BCUT2D eigenvalue weighted by Gasteiger charge is 2.17. The molecule has 0 saturated carbocycles. The molecule has 1 aromatic heterocycles. The summed E-state index contributed by atoms with van der Waals surface area (Å²) < 4.78 is 1.20. The Labute approximate surface area is 110 Å². The number of carbonyl (C=O) groups is 1. The number of carbonyl (C=O) groups excluding carboxylic acids is 1. The molecule has 1 aliphatic rings. The minimum atomic E-state index is 0.0000491. The van der Waals surface area contributed by atoms with Gasteiger partial charge in [0.05, 0.1) is 5.69 Å². The van der Waals surface area contributed by atoms with Gasteiger partial charge >= 0.3 is 6.03 Å². The van der Waals surface area contributed by atoms with Gasteiger partial charge in [-0.05, 0) is 6.07 Å². The van der Waals surface area contributed by atoms with Crippen molar-refractivity contribution in [2.75, 3.05) is 31.5 Å². The van der Waals surface area contributed by atoms with E-state index >= 15 is 0 Å². The molecule has 2 heterocycles. The van der Waals surface area contributed by atoms with Crippen molar-refractivity contribution in [2.24, 2.45) is 0 Å². The zero-order valence-electron chi connectivity index (χ0n) is 9.98. The molecule has 0 radical (unpaired) electrons. The van der Waals surface area contributed by atoms with Crippen LogP contribution in [0.1, 0.15) is 0 Å². The third-order valence-electron chi connectivity index (χ3n) is 3.13. The molecule has 4 nitrogen and oxygen atoms in total. The van der Waals surface area contributed by atoms with Gasteiger partial charge in [-0.15, -0.1) is 11.3 Å². The van der Waals surface area contributed by atoms with Crippen molar-refractivity contribution in [3.05, 3.63) is 29.6 Å². The van der Waals surface area contributed by atoms with Crippen molar-refractivity contribution < 1.29 is 4.79 Å². The number of nitrogens with one attached hydrogen (secondary N) is 2. The standard InChI is InChI=1S/C13H15N3OS/c17-13(16-7-5-14-6-8-16)15-11-9-18-12-4-2-1-3-10(11)12/h1-4,9,14H,5-8H2,(H,15,17). The Balaban J connectivity index is 1.77. The minimum absolute atomic E-state index is 0.0000491. The quantitative estimate of drug-likeness (QED) is 0.827. The molecule has 2 N–H and O–H groups in total. The lowest BCUT2D eigenvalue weighted by atomic mass is 10.2. The van der Waals surface area contributed by atoms with E-state index in [4.69, 9.17) is 0 Å². The molecule has 2 aromatic rings. The molecule has 18 heavy (non-hydrogen) atoms. The number of benzene rings is 1. The van der Waals surface area contributed by atoms with Crippen LogP contribution < -0.4 is 10.6 Å². The first-order valence-corrected chi connectivity index (χ1v) is 6.95. The predicted octanol–water partition coefficient (Wildman–Crippen LogP) is 2.34. The molecule has 3 rings (SSSR count). The molecule has 94 valence electrons. The SMILES string of the molecule is O=C(Nc1csc2ccccc12)N1CCNCC1. The highest BCUT2D eigenvalue weighted by atomic mass is 32.1. The van der Waals surface area contributed by atoms with Crippen LogP contribution >= 0.6 is 11.3 Å². The first-order chi connectivity index (χ1) is 8.84. The van der Waals surface area contributed by atoms with Crippen LogP contribution in [0.2, 0.25) is 0 Å². The number of nitrogens with zero attached hydrogens (tertiary/aromatic N) is 1. The molecule has 0 aliphatic carbocycles. The van der Waals surface area contributed by atoms with Crippen molar-refractivity contribution in [1.29, 1.82) is 0 Å². The monoisotopic (exact) mass is 261 g/mol. The lowest BCUT2D eigenvalue weighted by Gasteiger charge is -2.27. The van der Waals surface area contributed by atoms with E-state index in [2.05, 4.69) is 16.7 Å². The van der Waals surface area contributed by atoms with Crippen molar-refractivity contribution in [2.45, 2.75) is 0 Å². The van der Waals surface area contributed by atoms with Crippen LogP contribution in [0.4, 0.5) is 10.5 Å². The summed E-state index contributed by atoms with van der Waals surface area (Å²) in [4.78, 5) is 14.0. The molecule has 0 atom stereocenters. The van der Waals surface area contributed by atoms with Gasteiger partial charge in [0.2, 0.25) is 0 Å². The number of fused-ring (bicyclic) bond motifs is 1. The van der Waals surface area contributed by atoms with E-state index in [1.807, 2.05) is 28.5 Å². The summed E-state index contributed by atoms with van der Waals surface area (Å²) in [5.41, 5.74) is 0.916. The Morgan fingerprint density at radius 1 is 1.28 bits per heavy atom. The van der Waals surface area contributed by atoms with Crippen LogP contribution in [-0.4, -0.2) is 37.1 Å². The van der Waals surface area contributed by atoms with E-state index < -0.39 is 0 Å². The van der Waals surface area contributed by atoms with Crippen molar-refractivity contribution in [1.82, 2.24) is 10.2 Å². The Bertz CT molecular complexity index is 560. The third-order valence-corrected chi connectivity index (χ3v) is 4.09. The summed E-state index contributed by atoms with van der Waals surface area (Å²) in [5, 5.41) is 9.36. The number of amides is 2. The first kappa shape index (κ1) is 11.5. The summed E-state index contributed by atoms with van der Waals surface area (Å²) in [5.74, 6) is 0. The highest BCUT2D eigenvalue weighted by molar-refractivity contribution is 7.17. The third kappa shape index (κ3) is 2.19. The van der Waals surface area contributed by atoms with E-state index in [1.165, 1.54) is 4.70 Å². The van der Waals surface area contributed by atoms with E-state index in [0.29, 0.717) is 0 Å². The maximum Gasteiger partial charge on any atom is 0.321 e. The van der Waals surface area contributed by atoms with Gasteiger partial charge in [-0.2, -0.15) is 0 Å². The number of anilines is 1. The Hall–Kier alpha value is -1.59. The number of rotatable bonds is 1. The molecule has 1 aliphatic heterocycles. The summed E-state index contributed by atoms with van der Waals surface area (Å²) >= 11 is 1.66. The van der Waals surface area contributed by atoms with Gasteiger partial charge in [0.15, 0.2) is 0 Å². The molecular weight excluding hydrogens is 246 g/mol. The molecule has 0 bridgehead atoms. The van der Waals surface area contributed by atoms with E-state index in [0.717, 1.165) is 37.3 Å². The van der Waals surface area contributed by atoms with E-state index in [9.17, 15) is 4.79 Å². The lowest BCUT2D eigenvalue weighted by Crippen LogP contribution is -2.48. The van der Waals surface area contributed by atoms with Gasteiger partial charge < -0.3 is 15.5 Å². The molecule has 1 aromatic carbocycles. The zero-order valence-corrected chi connectivity index (χ0v) is 10.8. The van der Waals surface area contributed by atoms with Gasteiger partial charge in [-0.3, -0.25) is 0 Å². The maximum absolute atomic E-state index is 12.1. The minimum Gasteiger partial charge on any atom is -0.322 e. The van der Waals surface area contributed by atoms with Gasteiger partial charge in [0.1, 0.15) is 0 Å². The van der Waals surface area contributed by atoms with Crippen LogP contribution in [0.25, 0.3) is 10.1 Å². The average molecular weight is 261 g/mol. The fourth-order valence-electron chi connectivity index (χ4n) is 2.14. The molecular formula is C13H15N3OS. The van der Waals surface area contributed by atoms with Gasteiger partial charge in [0, 0.05) is 41.6 Å². The number of hydrogen-bond donors (Lipinski definition) is 2. The molecule has 1 fully saturated rings. The molecule has 5 heteroatoms. The smallest absolute Gasteiger partial charge is 0.321 e. The fraction of sp³-hybridized carbons (Fsp3) is 0.308. The van der Waals surface area contributed by atoms with Crippen molar-refractivity contribution in [3.8, 4) is 0 Å². The molecule has 0 spiro atoms. The summed E-state index contributed by atoms with van der Waals surface area (Å²) in [7, 11) is 0. The van der Waals surface area contributed by atoms with Gasteiger partial charge in [-0.1, -0.05) is 18.2 Å². The Kier molecular flexibility index (Phi) is 3.17. The Morgan fingerprint density at radius 3 is 2.89 bits per heavy atom. The van der Waals surface area contributed by atoms with Gasteiger partial charge in [0.25, 0.3) is 0 Å². The number of thiophene rings is 1. The Morgan fingerprint density at radius 2 is 2.06 bits per heavy atom. The lowest BCUT2D eigenvalue weighted by molar-refractivity contribution is 0.204. The number of piperazine rings is 1. The summed E-state index contributed by atoms with van der Waals surface area (Å²) in [6.07, 6.45) is 0. The first-order valence-electron chi connectivity index (χ1n) is 6.07. The largest absolute Gasteiger partial charge is 0.322 e. The molecule has 1 saturated heterocycles. The second kappa shape index (κ2) is 4.96. The van der Waals surface area contributed by atoms with Gasteiger partial charge in [-0.25, -0.2) is 4.79 Å². The average Bonchev–Trinajstić information content (AvgIpc) is 2.83. The zero-order chi connectivity index (χ0) is 12.4. The molecule has 0 unspecified atom stereocenters. The van der Waals surface area contributed by atoms with Crippen molar-refractivity contribution >= 4 is 33.1 Å². The number of urea groups is 1. The highest BCUT2D eigenvalue weighted by Crippen LogP contribution is 2.29. The number of hydrogen-bond acceptors (Lipinski definition) is 3. The second-order valence-corrected chi connectivity index (χ2v) is 5.22. The molecule has 2 amide bonds. The van der Waals surface area contributed by atoms with Crippen molar-refractivity contribution in [3.63, 3.8) is 0 Å². The maximum atomic E-state index is 12.1. The second-order valence-electron chi connectivity index (χ2n) is 4.31. The van der Waals surface area contributed by atoms with Crippen LogP contribution in [-0.2, 0) is 0 Å². The van der Waals surface area contributed by atoms with Crippen LogP contribution in [0, 0.1) is 0 Å². The van der Waals surface area contributed by atoms with Crippen LogP contribution in [0.3, 0.4) is 0 Å². The summed E-state index contributed by atoms with van der Waals surface area (Å²) in [6.45, 7) is 3.29. The van der Waals surface area contributed by atoms with Crippen LogP contribution in [0.15, 0.2) is 29.6 Å².